The molecule has 0 fully saturated rings. The van der Waals surface area contributed by atoms with Crippen molar-refractivity contribution in [3.8, 4) is 0 Å². The molecular formula is C19H19Cl3N2O. The smallest absolute Gasteiger partial charge is 0.0668 e. The van der Waals surface area contributed by atoms with Crippen molar-refractivity contribution in [1.82, 2.24) is 0 Å². The number of β-amino-alcohol motifs (C(OH)–C–C–N with tert-alkyl or cyclic N) is 1. The third-order valence-corrected chi connectivity index (χ3v) is 4.66. The number of fused-ring (bicyclic) bond motifs is 1. The summed E-state index contributed by atoms with van der Waals surface area (Å²) in [5.74, 6) is 0. The molecule has 2 aromatic carbocycles. The number of rotatable bonds is 4. The van der Waals surface area contributed by atoms with Crippen molar-refractivity contribution in [2.75, 3.05) is 31.1 Å². The van der Waals surface area contributed by atoms with Gasteiger partial charge in [-0.2, -0.15) is 0 Å². The predicted molar refractivity (Wildman–Crippen MR) is 110 cm³/mol. The molecule has 3 rings (SSSR count). The van der Waals surface area contributed by atoms with Gasteiger partial charge in [0, 0.05) is 24.3 Å². The SMILES string of the molecule is Cl.OCCN1CCN=C(/C=C/c2ccc(Cl)c(Cl)c2)c2ccccc21. The molecule has 2 aromatic rings. The van der Waals surface area contributed by atoms with E-state index in [1.807, 2.05) is 36.4 Å². The number of para-hydroxylation sites is 1. The number of benzene rings is 2. The molecule has 25 heavy (non-hydrogen) atoms. The van der Waals surface area contributed by atoms with Gasteiger partial charge in [-0.15, -0.1) is 12.4 Å². The molecule has 0 aromatic heterocycles. The summed E-state index contributed by atoms with van der Waals surface area (Å²) >= 11 is 12.0. The number of hydrogen-bond acceptors (Lipinski definition) is 3. The maximum atomic E-state index is 9.29. The zero-order chi connectivity index (χ0) is 16.9. The molecule has 0 saturated heterocycles. The van der Waals surface area contributed by atoms with E-state index in [0.29, 0.717) is 23.1 Å². The highest BCUT2D eigenvalue weighted by Gasteiger charge is 2.16. The Kier molecular flexibility index (Phi) is 7.33. The lowest BCUT2D eigenvalue weighted by molar-refractivity contribution is 0.302. The minimum absolute atomic E-state index is 0. The molecule has 3 nitrogen and oxygen atoms in total. The second-order valence-electron chi connectivity index (χ2n) is 5.50. The van der Waals surface area contributed by atoms with Crippen molar-refractivity contribution < 1.29 is 5.11 Å². The van der Waals surface area contributed by atoms with E-state index in [0.717, 1.165) is 29.1 Å². The molecule has 0 amide bonds. The summed E-state index contributed by atoms with van der Waals surface area (Å²) in [6, 6.07) is 13.7. The Morgan fingerprint density at radius 2 is 1.88 bits per heavy atom. The van der Waals surface area contributed by atoms with Crippen LogP contribution >= 0.6 is 35.6 Å². The van der Waals surface area contributed by atoms with Crippen LogP contribution < -0.4 is 4.90 Å². The highest BCUT2D eigenvalue weighted by molar-refractivity contribution is 6.42. The lowest BCUT2D eigenvalue weighted by Crippen LogP contribution is -2.29. The maximum Gasteiger partial charge on any atom is 0.0668 e. The Balaban J connectivity index is 0.00000225. The zero-order valence-corrected chi connectivity index (χ0v) is 15.9. The van der Waals surface area contributed by atoms with Gasteiger partial charge in [-0.25, -0.2) is 0 Å². The van der Waals surface area contributed by atoms with Gasteiger partial charge in [0.05, 0.1) is 28.9 Å². The van der Waals surface area contributed by atoms with E-state index in [4.69, 9.17) is 28.2 Å². The monoisotopic (exact) mass is 396 g/mol. The van der Waals surface area contributed by atoms with Crippen LogP contribution in [0.4, 0.5) is 5.69 Å². The molecule has 0 aliphatic carbocycles. The zero-order valence-electron chi connectivity index (χ0n) is 13.5. The first-order valence-electron chi connectivity index (χ1n) is 7.82. The summed E-state index contributed by atoms with van der Waals surface area (Å²) in [5.41, 5.74) is 4.07. The predicted octanol–water partition coefficient (Wildman–Crippen LogP) is 4.73. The Labute approximate surface area is 164 Å². The van der Waals surface area contributed by atoms with E-state index in [1.165, 1.54) is 0 Å². The number of halogens is 3. The van der Waals surface area contributed by atoms with Gasteiger partial charge in [-0.05, 0) is 29.8 Å². The van der Waals surface area contributed by atoms with Crippen molar-refractivity contribution >= 4 is 53.1 Å². The van der Waals surface area contributed by atoms with E-state index >= 15 is 0 Å². The Morgan fingerprint density at radius 1 is 1.08 bits per heavy atom. The van der Waals surface area contributed by atoms with Crippen molar-refractivity contribution in [1.29, 1.82) is 0 Å². The summed E-state index contributed by atoms with van der Waals surface area (Å²) in [6.45, 7) is 2.22. The lowest BCUT2D eigenvalue weighted by atomic mass is 10.1. The minimum Gasteiger partial charge on any atom is -0.395 e. The quantitative estimate of drug-likeness (QED) is 0.809. The lowest BCUT2D eigenvalue weighted by Gasteiger charge is -2.23. The first-order valence-corrected chi connectivity index (χ1v) is 8.57. The topological polar surface area (TPSA) is 35.8 Å². The van der Waals surface area contributed by atoms with Crippen LogP contribution in [-0.4, -0.2) is 37.1 Å². The number of benzodiazepines with no additional fused rings is 1. The largest absolute Gasteiger partial charge is 0.395 e. The summed E-state index contributed by atoms with van der Waals surface area (Å²) < 4.78 is 0. The number of aliphatic hydroxyl groups excluding tert-OH is 1. The van der Waals surface area contributed by atoms with Gasteiger partial charge in [0.25, 0.3) is 0 Å². The third-order valence-electron chi connectivity index (χ3n) is 3.92. The fourth-order valence-corrected chi connectivity index (χ4v) is 3.06. The molecule has 0 unspecified atom stereocenters. The van der Waals surface area contributed by atoms with Crippen LogP contribution in [0.25, 0.3) is 6.08 Å². The summed E-state index contributed by atoms with van der Waals surface area (Å²) in [5, 5.41) is 10.4. The summed E-state index contributed by atoms with van der Waals surface area (Å²) in [6.07, 6.45) is 3.99. The molecular weight excluding hydrogens is 379 g/mol. The van der Waals surface area contributed by atoms with E-state index in [1.54, 1.807) is 6.07 Å². The average Bonchev–Trinajstić information content (AvgIpc) is 2.76. The molecule has 1 aliphatic rings. The molecule has 0 radical (unpaired) electrons. The van der Waals surface area contributed by atoms with Crippen LogP contribution in [0.15, 0.2) is 53.5 Å². The Morgan fingerprint density at radius 3 is 2.64 bits per heavy atom. The van der Waals surface area contributed by atoms with Gasteiger partial charge in [-0.3, -0.25) is 4.99 Å². The normalized spacial score (nSPS) is 13.9. The van der Waals surface area contributed by atoms with Gasteiger partial charge in [0.15, 0.2) is 0 Å². The Hall–Kier alpha value is -1.52. The third kappa shape index (κ3) is 4.77. The molecule has 0 spiro atoms. The van der Waals surface area contributed by atoms with Crippen molar-refractivity contribution in [3.63, 3.8) is 0 Å². The number of allylic oxidation sites excluding steroid dienone is 1. The van der Waals surface area contributed by atoms with Gasteiger partial charge >= 0.3 is 0 Å². The maximum absolute atomic E-state index is 9.29. The molecule has 132 valence electrons. The fourth-order valence-electron chi connectivity index (χ4n) is 2.75. The summed E-state index contributed by atoms with van der Waals surface area (Å²) in [7, 11) is 0. The van der Waals surface area contributed by atoms with Crippen LogP contribution in [0.5, 0.6) is 0 Å². The van der Waals surface area contributed by atoms with Crippen molar-refractivity contribution in [3.05, 3.63) is 69.7 Å². The average molecular weight is 398 g/mol. The van der Waals surface area contributed by atoms with Gasteiger partial charge in [-0.1, -0.05) is 53.5 Å². The number of nitrogens with zero attached hydrogens (tertiary/aromatic N) is 2. The molecule has 0 atom stereocenters. The van der Waals surface area contributed by atoms with E-state index in [9.17, 15) is 5.11 Å². The first-order chi connectivity index (χ1) is 11.7. The van der Waals surface area contributed by atoms with E-state index in [2.05, 4.69) is 17.0 Å². The number of anilines is 1. The minimum atomic E-state index is 0. The highest BCUT2D eigenvalue weighted by Crippen LogP contribution is 2.25. The summed E-state index contributed by atoms with van der Waals surface area (Å²) in [4.78, 5) is 6.87. The van der Waals surface area contributed by atoms with Crippen LogP contribution in [0.2, 0.25) is 10.0 Å². The standard InChI is InChI=1S/C19H18Cl2N2O.ClH/c20-16-7-5-14(13-17(16)21)6-8-18-15-3-1-2-4-19(15)23(11-12-24)10-9-22-18;/h1-8,13,24H,9-12H2;1H/b8-6+;. The molecule has 1 N–H and O–H groups in total. The van der Waals surface area contributed by atoms with Crippen LogP contribution in [0.1, 0.15) is 11.1 Å². The van der Waals surface area contributed by atoms with Crippen LogP contribution in [0, 0.1) is 0 Å². The Bertz CT molecular complexity index is 790. The van der Waals surface area contributed by atoms with E-state index < -0.39 is 0 Å². The highest BCUT2D eigenvalue weighted by atomic mass is 35.5. The molecule has 6 heteroatoms. The second kappa shape index (κ2) is 9.25. The van der Waals surface area contributed by atoms with Gasteiger partial charge in [0.1, 0.15) is 0 Å². The molecule has 0 bridgehead atoms. The van der Waals surface area contributed by atoms with Crippen LogP contribution in [-0.2, 0) is 0 Å². The molecule has 0 saturated carbocycles. The number of aliphatic imine (C=N–C) groups is 1. The van der Waals surface area contributed by atoms with Crippen LogP contribution in [0.3, 0.4) is 0 Å². The van der Waals surface area contributed by atoms with Gasteiger partial charge < -0.3 is 10.0 Å². The molecule has 1 aliphatic heterocycles. The first kappa shape index (κ1) is 19.8. The second-order valence-corrected chi connectivity index (χ2v) is 6.32. The van der Waals surface area contributed by atoms with Gasteiger partial charge in [0.2, 0.25) is 0 Å². The number of aliphatic hydroxyl groups is 1. The number of hydrogen-bond donors (Lipinski definition) is 1. The van der Waals surface area contributed by atoms with Crippen molar-refractivity contribution in [2.24, 2.45) is 4.99 Å². The fraction of sp³-hybridized carbons (Fsp3) is 0.211. The van der Waals surface area contributed by atoms with E-state index in [-0.39, 0.29) is 19.0 Å². The van der Waals surface area contributed by atoms with Crippen molar-refractivity contribution in [2.45, 2.75) is 0 Å². The molecule has 1 heterocycles.